The Hall–Kier alpha value is -3.52. The topological polar surface area (TPSA) is 111 Å². The number of urea groups is 1. The maximum Gasteiger partial charge on any atom is 0.333 e. The summed E-state index contributed by atoms with van der Waals surface area (Å²) in [7, 11) is 0. The molecule has 192 valence electrons. The number of amides is 2. The van der Waals surface area contributed by atoms with Gasteiger partial charge in [-0.1, -0.05) is 54.6 Å². The SMILES string of the molecule is CCOCC(=O)CC(=O)Cc1cccc(CNC(=O)N[C@H](C(=O)OC2CCCC2)c2ccccc2)c1. The van der Waals surface area contributed by atoms with Crippen molar-refractivity contribution in [2.45, 2.75) is 64.1 Å². The first kappa shape index (κ1) is 27.1. The minimum atomic E-state index is -0.912. The molecule has 1 fully saturated rings. The molecule has 0 heterocycles. The Morgan fingerprint density at radius 1 is 0.944 bits per heavy atom. The van der Waals surface area contributed by atoms with E-state index in [-0.39, 0.29) is 43.7 Å². The smallest absolute Gasteiger partial charge is 0.333 e. The van der Waals surface area contributed by atoms with E-state index in [2.05, 4.69) is 10.6 Å². The monoisotopic (exact) mass is 494 g/mol. The van der Waals surface area contributed by atoms with E-state index in [0.717, 1.165) is 36.8 Å². The summed E-state index contributed by atoms with van der Waals surface area (Å²) in [6.45, 7) is 2.37. The first-order valence-electron chi connectivity index (χ1n) is 12.4. The van der Waals surface area contributed by atoms with Crippen LogP contribution < -0.4 is 10.6 Å². The Morgan fingerprint density at radius 3 is 2.39 bits per heavy atom. The number of hydrogen-bond acceptors (Lipinski definition) is 6. The van der Waals surface area contributed by atoms with Gasteiger partial charge < -0.3 is 20.1 Å². The molecule has 0 aromatic heterocycles. The van der Waals surface area contributed by atoms with Crippen LogP contribution in [0.5, 0.6) is 0 Å². The quantitative estimate of drug-likeness (QED) is 0.324. The summed E-state index contributed by atoms with van der Waals surface area (Å²) in [5, 5.41) is 5.50. The van der Waals surface area contributed by atoms with Crippen molar-refractivity contribution >= 4 is 23.6 Å². The Morgan fingerprint density at radius 2 is 1.67 bits per heavy atom. The fourth-order valence-corrected chi connectivity index (χ4v) is 4.15. The number of benzene rings is 2. The fraction of sp³-hybridized carbons (Fsp3) is 0.429. The average molecular weight is 495 g/mol. The highest BCUT2D eigenvalue weighted by Crippen LogP contribution is 2.24. The van der Waals surface area contributed by atoms with Crippen LogP contribution in [0.4, 0.5) is 4.79 Å². The van der Waals surface area contributed by atoms with Crippen molar-refractivity contribution in [3.63, 3.8) is 0 Å². The molecule has 1 aliphatic carbocycles. The van der Waals surface area contributed by atoms with E-state index in [1.54, 1.807) is 31.2 Å². The van der Waals surface area contributed by atoms with Gasteiger partial charge in [0.1, 0.15) is 18.5 Å². The highest BCUT2D eigenvalue weighted by Gasteiger charge is 2.28. The van der Waals surface area contributed by atoms with E-state index in [1.807, 2.05) is 30.3 Å². The molecule has 1 aliphatic rings. The second-order valence-electron chi connectivity index (χ2n) is 8.90. The summed E-state index contributed by atoms with van der Waals surface area (Å²) in [4.78, 5) is 49.5. The molecule has 0 saturated heterocycles. The first-order chi connectivity index (χ1) is 17.4. The van der Waals surface area contributed by atoms with Gasteiger partial charge in [0, 0.05) is 19.6 Å². The lowest BCUT2D eigenvalue weighted by Gasteiger charge is -2.21. The van der Waals surface area contributed by atoms with Gasteiger partial charge in [-0.15, -0.1) is 0 Å². The third kappa shape index (κ3) is 8.92. The number of Topliss-reactive ketones (excluding diaryl/α,β-unsaturated/α-hetero) is 2. The maximum atomic E-state index is 12.9. The van der Waals surface area contributed by atoms with Crippen LogP contribution in [-0.2, 0) is 36.8 Å². The standard InChI is InChI=1S/C28H34N2O6/c1-2-35-19-24(32)17-23(31)16-20-9-8-10-21(15-20)18-29-28(34)30-26(22-11-4-3-5-12-22)27(33)36-25-13-6-7-14-25/h3-5,8-12,15,25-26H,2,6-7,13-14,16-19H2,1H3,(H2,29,30,34)/t26-/m0/s1. The lowest BCUT2D eigenvalue weighted by Crippen LogP contribution is -2.41. The van der Waals surface area contributed by atoms with Gasteiger partial charge in [-0.2, -0.15) is 0 Å². The van der Waals surface area contributed by atoms with Gasteiger partial charge in [-0.3, -0.25) is 9.59 Å². The lowest BCUT2D eigenvalue weighted by atomic mass is 10.0. The first-order valence-corrected chi connectivity index (χ1v) is 12.4. The maximum absolute atomic E-state index is 12.9. The van der Waals surface area contributed by atoms with Crippen molar-refractivity contribution in [3.8, 4) is 0 Å². The number of ether oxygens (including phenoxy) is 2. The zero-order valence-electron chi connectivity index (χ0n) is 20.7. The molecule has 8 heteroatoms. The largest absolute Gasteiger partial charge is 0.461 e. The lowest BCUT2D eigenvalue weighted by molar-refractivity contribution is -0.151. The van der Waals surface area contributed by atoms with Crippen LogP contribution in [0.3, 0.4) is 0 Å². The van der Waals surface area contributed by atoms with Gasteiger partial charge in [0.25, 0.3) is 0 Å². The van der Waals surface area contributed by atoms with Crippen LogP contribution in [0.2, 0.25) is 0 Å². The molecule has 3 rings (SSSR count). The number of hydrogen-bond donors (Lipinski definition) is 2. The highest BCUT2D eigenvalue weighted by molar-refractivity contribution is 6.00. The number of rotatable bonds is 13. The van der Waals surface area contributed by atoms with Gasteiger partial charge in [0.05, 0.1) is 6.42 Å². The third-order valence-corrected chi connectivity index (χ3v) is 5.94. The molecular weight excluding hydrogens is 460 g/mol. The zero-order chi connectivity index (χ0) is 25.8. The minimum Gasteiger partial charge on any atom is -0.461 e. The molecule has 8 nitrogen and oxygen atoms in total. The Kier molecular flexibility index (Phi) is 10.6. The Labute approximate surface area is 211 Å². The molecular formula is C28H34N2O6. The van der Waals surface area contributed by atoms with Crippen LogP contribution in [0, 0.1) is 0 Å². The molecule has 0 radical (unpaired) electrons. The Balaban J connectivity index is 1.54. The van der Waals surface area contributed by atoms with Gasteiger partial charge in [-0.25, -0.2) is 9.59 Å². The second-order valence-corrected chi connectivity index (χ2v) is 8.90. The number of ketones is 2. The summed E-state index contributed by atoms with van der Waals surface area (Å²) < 4.78 is 10.7. The van der Waals surface area contributed by atoms with Crippen molar-refractivity contribution < 1.29 is 28.7 Å². The van der Waals surface area contributed by atoms with Gasteiger partial charge in [0.2, 0.25) is 0 Å². The Bertz CT molecular complexity index is 1030. The summed E-state index contributed by atoms with van der Waals surface area (Å²) >= 11 is 0. The third-order valence-electron chi connectivity index (χ3n) is 5.94. The predicted octanol–water partition coefficient (Wildman–Crippen LogP) is 3.82. The van der Waals surface area contributed by atoms with Crippen LogP contribution in [0.15, 0.2) is 54.6 Å². The predicted molar refractivity (Wildman–Crippen MR) is 134 cm³/mol. The van der Waals surface area contributed by atoms with Gasteiger partial charge in [0.15, 0.2) is 11.8 Å². The van der Waals surface area contributed by atoms with E-state index in [1.165, 1.54) is 0 Å². The van der Waals surface area contributed by atoms with Crippen LogP contribution >= 0.6 is 0 Å². The second kappa shape index (κ2) is 14.1. The summed E-state index contributed by atoms with van der Waals surface area (Å²) in [6.07, 6.45) is 3.63. The number of nitrogens with one attached hydrogen (secondary N) is 2. The van der Waals surface area contributed by atoms with Crippen molar-refractivity contribution in [3.05, 3.63) is 71.3 Å². The van der Waals surface area contributed by atoms with E-state index in [4.69, 9.17) is 9.47 Å². The van der Waals surface area contributed by atoms with Crippen molar-refractivity contribution in [2.24, 2.45) is 0 Å². The molecule has 2 aromatic carbocycles. The molecule has 2 aromatic rings. The molecule has 0 aliphatic heterocycles. The normalized spacial score (nSPS) is 14.1. The zero-order valence-corrected chi connectivity index (χ0v) is 20.7. The number of esters is 1. The fourth-order valence-electron chi connectivity index (χ4n) is 4.15. The number of carbonyl (C=O) groups excluding carboxylic acids is 4. The molecule has 1 saturated carbocycles. The molecule has 0 spiro atoms. The van der Waals surface area contributed by atoms with Crippen molar-refractivity contribution in [2.75, 3.05) is 13.2 Å². The van der Waals surface area contributed by atoms with E-state index in [0.29, 0.717) is 12.2 Å². The van der Waals surface area contributed by atoms with Gasteiger partial charge >= 0.3 is 12.0 Å². The average Bonchev–Trinajstić information content (AvgIpc) is 3.38. The van der Waals surface area contributed by atoms with Crippen LogP contribution in [0.25, 0.3) is 0 Å². The van der Waals surface area contributed by atoms with E-state index in [9.17, 15) is 19.2 Å². The molecule has 0 bridgehead atoms. The summed E-state index contributed by atoms with van der Waals surface area (Å²) in [5.74, 6) is -0.896. The van der Waals surface area contributed by atoms with Crippen LogP contribution in [-0.4, -0.2) is 42.9 Å². The summed E-state index contributed by atoms with van der Waals surface area (Å²) in [5.41, 5.74) is 2.20. The van der Waals surface area contributed by atoms with E-state index >= 15 is 0 Å². The number of carbonyl (C=O) groups is 4. The summed E-state index contributed by atoms with van der Waals surface area (Å²) in [6, 6.07) is 14.8. The van der Waals surface area contributed by atoms with Crippen molar-refractivity contribution in [1.82, 2.24) is 10.6 Å². The van der Waals surface area contributed by atoms with Gasteiger partial charge in [-0.05, 0) is 49.3 Å². The minimum absolute atomic E-state index is 0.0561. The molecule has 36 heavy (non-hydrogen) atoms. The van der Waals surface area contributed by atoms with Crippen LogP contribution in [0.1, 0.15) is 61.8 Å². The highest BCUT2D eigenvalue weighted by atomic mass is 16.5. The van der Waals surface area contributed by atoms with Crippen molar-refractivity contribution in [1.29, 1.82) is 0 Å². The van der Waals surface area contributed by atoms with E-state index < -0.39 is 18.0 Å². The molecule has 2 N–H and O–H groups in total. The molecule has 2 amide bonds. The molecule has 0 unspecified atom stereocenters. The molecule has 1 atom stereocenters.